The Morgan fingerprint density at radius 3 is 2.38 bits per heavy atom. The summed E-state index contributed by atoms with van der Waals surface area (Å²) in [5, 5.41) is 2.81. The van der Waals surface area contributed by atoms with Crippen LogP contribution in [-0.2, 0) is 14.8 Å². The molecule has 24 heavy (non-hydrogen) atoms. The molecule has 128 valence electrons. The van der Waals surface area contributed by atoms with E-state index in [1.807, 2.05) is 30.5 Å². The van der Waals surface area contributed by atoms with Crippen molar-refractivity contribution in [1.29, 1.82) is 0 Å². The minimum atomic E-state index is -3.53. The number of sulfonamides is 1. The van der Waals surface area contributed by atoms with Gasteiger partial charge in [0.15, 0.2) is 0 Å². The molecule has 0 aliphatic carbocycles. The Balaban J connectivity index is 2.34. The SMILES string of the molecule is CSc1cccc(NC(=O)[C@@H](c2ccccc2)N(C)S(C)(=O)=O)c1. The summed E-state index contributed by atoms with van der Waals surface area (Å²) in [5.74, 6) is -0.396. The van der Waals surface area contributed by atoms with E-state index in [4.69, 9.17) is 0 Å². The topological polar surface area (TPSA) is 66.5 Å². The van der Waals surface area contributed by atoms with Crippen molar-refractivity contribution in [2.75, 3.05) is 24.9 Å². The van der Waals surface area contributed by atoms with E-state index in [1.54, 1.807) is 42.1 Å². The summed E-state index contributed by atoms with van der Waals surface area (Å²) in [6, 6.07) is 15.3. The van der Waals surface area contributed by atoms with Gasteiger partial charge >= 0.3 is 0 Å². The molecule has 0 aromatic heterocycles. The first-order valence-corrected chi connectivity index (χ1v) is 10.3. The highest BCUT2D eigenvalue weighted by molar-refractivity contribution is 7.98. The average molecular weight is 364 g/mol. The Bertz CT molecular complexity index is 808. The van der Waals surface area contributed by atoms with Crippen LogP contribution in [0.1, 0.15) is 11.6 Å². The largest absolute Gasteiger partial charge is 0.324 e. The van der Waals surface area contributed by atoms with Gasteiger partial charge in [-0.3, -0.25) is 4.79 Å². The monoisotopic (exact) mass is 364 g/mol. The first-order valence-electron chi connectivity index (χ1n) is 7.26. The van der Waals surface area contributed by atoms with E-state index in [2.05, 4.69) is 5.32 Å². The lowest BCUT2D eigenvalue weighted by molar-refractivity contribution is -0.119. The van der Waals surface area contributed by atoms with Crippen molar-refractivity contribution < 1.29 is 13.2 Å². The van der Waals surface area contributed by atoms with Gasteiger partial charge in [-0.15, -0.1) is 11.8 Å². The predicted molar refractivity (Wildman–Crippen MR) is 98.6 cm³/mol. The number of hydrogen-bond acceptors (Lipinski definition) is 4. The fourth-order valence-corrected chi connectivity index (χ4v) is 3.32. The fourth-order valence-electron chi connectivity index (χ4n) is 2.26. The van der Waals surface area contributed by atoms with Crippen LogP contribution in [0.15, 0.2) is 59.5 Å². The van der Waals surface area contributed by atoms with Crippen LogP contribution in [0.2, 0.25) is 0 Å². The van der Waals surface area contributed by atoms with E-state index in [9.17, 15) is 13.2 Å². The van der Waals surface area contributed by atoms with Crippen LogP contribution in [0.3, 0.4) is 0 Å². The smallest absolute Gasteiger partial charge is 0.247 e. The number of likely N-dealkylation sites (N-methyl/N-ethyl adjacent to an activating group) is 1. The van der Waals surface area contributed by atoms with Gasteiger partial charge in [0, 0.05) is 17.6 Å². The Kier molecular flexibility index (Phi) is 6.04. The van der Waals surface area contributed by atoms with Gasteiger partial charge in [-0.2, -0.15) is 4.31 Å². The lowest BCUT2D eigenvalue weighted by Gasteiger charge is -2.25. The second-order valence-electron chi connectivity index (χ2n) is 5.31. The van der Waals surface area contributed by atoms with Crippen LogP contribution in [0.4, 0.5) is 5.69 Å². The Morgan fingerprint density at radius 2 is 1.79 bits per heavy atom. The summed E-state index contributed by atoms with van der Waals surface area (Å²) in [6.45, 7) is 0. The molecule has 0 bridgehead atoms. The molecule has 0 saturated carbocycles. The van der Waals surface area contributed by atoms with Gasteiger partial charge in [0.2, 0.25) is 15.9 Å². The molecule has 1 N–H and O–H groups in total. The lowest BCUT2D eigenvalue weighted by Crippen LogP contribution is -2.38. The van der Waals surface area contributed by atoms with E-state index in [-0.39, 0.29) is 0 Å². The van der Waals surface area contributed by atoms with Gasteiger partial charge in [0.25, 0.3) is 0 Å². The van der Waals surface area contributed by atoms with Crippen molar-refractivity contribution in [2.45, 2.75) is 10.9 Å². The number of benzene rings is 2. The molecule has 5 nitrogen and oxygen atoms in total. The summed E-state index contributed by atoms with van der Waals surface area (Å²) >= 11 is 1.57. The second-order valence-corrected chi connectivity index (χ2v) is 8.24. The quantitative estimate of drug-likeness (QED) is 0.800. The van der Waals surface area contributed by atoms with Crippen LogP contribution >= 0.6 is 11.8 Å². The maximum atomic E-state index is 12.8. The van der Waals surface area contributed by atoms with Gasteiger partial charge in [-0.05, 0) is 30.0 Å². The Hall–Kier alpha value is -1.83. The number of hydrogen-bond donors (Lipinski definition) is 1. The third-order valence-corrected chi connectivity index (χ3v) is 5.57. The molecule has 0 saturated heterocycles. The van der Waals surface area contributed by atoms with Crippen LogP contribution in [0.25, 0.3) is 0 Å². The number of amides is 1. The zero-order valence-corrected chi connectivity index (χ0v) is 15.4. The third-order valence-electron chi connectivity index (χ3n) is 3.59. The van der Waals surface area contributed by atoms with Crippen molar-refractivity contribution in [1.82, 2.24) is 4.31 Å². The molecule has 2 aromatic rings. The zero-order valence-electron chi connectivity index (χ0n) is 13.8. The maximum Gasteiger partial charge on any atom is 0.247 e. The molecule has 0 radical (unpaired) electrons. The normalized spacial score (nSPS) is 12.8. The molecule has 0 spiro atoms. The molecular weight excluding hydrogens is 344 g/mol. The number of nitrogens with one attached hydrogen (secondary N) is 1. The summed E-state index contributed by atoms with van der Waals surface area (Å²) in [7, 11) is -2.12. The number of anilines is 1. The summed E-state index contributed by atoms with van der Waals surface area (Å²) in [6.07, 6.45) is 3.04. The first kappa shape index (κ1) is 18.5. The molecular formula is C17H20N2O3S2. The van der Waals surface area contributed by atoms with Gasteiger partial charge in [0.05, 0.1) is 6.26 Å². The third kappa shape index (κ3) is 4.59. The van der Waals surface area contributed by atoms with E-state index in [0.717, 1.165) is 15.5 Å². The number of carbonyl (C=O) groups is 1. The standard InChI is InChI=1S/C17H20N2O3S2/c1-19(24(3,21)22)16(13-8-5-4-6-9-13)17(20)18-14-10-7-11-15(12-14)23-2/h4-12,16H,1-3H3,(H,18,20)/t16-/m1/s1. The van der Waals surface area contributed by atoms with Gasteiger partial charge in [0.1, 0.15) is 6.04 Å². The Labute approximate surface area is 147 Å². The highest BCUT2D eigenvalue weighted by atomic mass is 32.2. The highest BCUT2D eigenvalue weighted by Gasteiger charge is 2.30. The maximum absolute atomic E-state index is 12.8. The van der Waals surface area contributed by atoms with E-state index in [1.165, 1.54) is 7.05 Å². The van der Waals surface area contributed by atoms with Crippen LogP contribution in [0, 0.1) is 0 Å². The van der Waals surface area contributed by atoms with Crippen LogP contribution in [-0.4, -0.2) is 38.2 Å². The fraction of sp³-hybridized carbons (Fsp3) is 0.235. The van der Waals surface area contributed by atoms with E-state index >= 15 is 0 Å². The summed E-state index contributed by atoms with van der Waals surface area (Å²) in [5.41, 5.74) is 1.25. The summed E-state index contributed by atoms with van der Waals surface area (Å²) < 4.78 is 25.0. The average Bonchev–Trinajstić information content (AvgIpc) is 2.55. The van der Waals surface area contributed by atoms with Crippen LogP contribution in [0.5, 0.6) is 0 Å². The van der Waals surface area contributed by atoms with E-state index in [0.29, 0.717) is 11.3 Å². The first-order chi connectivity index (χ1) is 11.3. The molecule has 0 unspecified atom stereocenters. The molecule has 2 rings (SSSR count). The predicted octanol–water partition coefficient (Wildman–Crippen LogP) is 2.98. The van der Waals surface area contributed by atoms with Crippen molar-refractivity contribution in [2.24, 2.45) is 0 Å². The van der Waals surface area contributed by atoms with Crippen molar-refractivity contribution in [3.05, 3.63) is 60.2 Å². The number of carbonyl (C=O) groups excluding carboxylic acids is 1. The van der Waals surface area contributed by atoms with Gasteiger partial charge < -0.3 is 5.32 Å². The van der Waals surface area contributed by atoms with Crippen molar-refractivity contribution in [3.63, 3.8) is 0 Å². The molecule has 0 fully saturated rings. The van der Waals surface area contributed by atoms with E-state index < -0.39 is 22.0 Å². The highest BCUT2D eigenvalue weighted by Crippen LogP contribution is 2.25. The van der Waals surface area contributed by atoms with Crippen molar-refractivity contribution in [3.8, 4) is 0 Å². The van der Waals surface area contributed by atoms with Crippen LogP contribution < -0.4 is 5.32 Å². The Morgan fingerprint density at radius 1 is 1.12 bits per heavy atom. The molecule has 2 aromatic carbocycles. The minimum absolute atomic E-state index is 0.396. The molecule has 0 heterocycles. The number of thioether (sulfide) groups is 1. The minimum Gasteiger partial charge on any atom is -0.324 e. The zero-order chi connectivity index (χ0) is 17.7. The molecule has 7 heteroatoms. The lowest BCUT2D eigenvalue weighted by atomic mass is 10.1. The molecule has 1 amide bonds. The van der Waals surface area contributed by atoms with Crippen molar-refractivity contribution >= 4 is 33.4 Å². The van der Waals surface area contributed by atoms with Gasteiger partial charge in [-0.25, -0.2) is 8.42 Å². The van der Waals surface area contributed by atoms with Gasteiger partial charge in [-0.1, -0.05) is 36.4 Å². The number of nitrogens with zero attached hydrogens (tertiary/aromatic N) is 1. The molecule has 1 atom stereocenters. The molecule has 0 aliphatic rings. The number of rotatable bonds is 6. The second kappa shape index (κ2) is 7.83. The molecule has 0 aliphatic heterocycles. The summed E-state index contributed by atoms with van der Waals surface area (Å²) in [4.78, 5) is 13.8.